The van der Waals surface area contributed by atoms with E-state index in [4.69, 9.17) is 4.43 Å². The van der Waals surface area contributed by atoms with Crippen molar-refractivity contribution in [2.24, 2.45) is 0 Å². The van der Waals surface area contributed by atoms with Crippen LogP contribution >= 0.6 is 0 Å². The second kappa shape index (κ2) is 8.48. The first-order chi connectivity index (χ1) is 6.74. The van der Waals surface area contributed by atoms with Crippen molar-refractivity contribution in [3.05, 3.63) is 0 Å². The highest BCUT2D eigenvalue weighted by Crippen LogP contribution is 2.27. The SMILES string of the molecule is CCCC[Si](CCC)(CCC)OCC. The molecule has 0 N–H and O–H groups in total. The van der Waals surface area contributed by atoms with E-state index in [-0.39, 0.29) is 0 Å². The molecule has 0 saturated heterocycles. The first-order valence-corrected chi connectivity index (χ1v) is 8.91. The quantitative estimate of drug-likeness (QED) is 0.512. The maximum atomic E-state index is 6.15. The molecule has 0 saturated carbocycles. The van der Waals surface area contributed by atoms with Gasteiger partial charge in [0.1, 0.15) is 0 Å². The van der Waals surface area contributed by atoms with E-state index < -0.39 is 8.32 Å². The summed E-state index contributed by atoms with van der Waals surface area (Å²) in [5.74, 6) is 0. The molecule has 0 aromatic rings. The first-order valence-electron chi connectivity index (χ1n) is 6.38. The highest BCUT2D eigenvalue weighted by molar-refractivity contribution is 6.73. The van der Waals surface area contributed by atoms with Gasteiger partial charge in [-0.25, -0.2) is 0 Å². The molecular formula is C12H28OSi. The van der Waals surface area contributed by atoms with Crippen molar-refractivity contribution in [1.82, 2.24) is 0 Å². The molecule has 0 unspecified atom stereocenters. The summed E-state index contributed by atoms with van der Waals surface area (Å²) in [5.41, 5.74) is 0. The van der Waals surface area contributed by atoms with E-state index in [9.17, 15) is 0 Å². The van der Waals surface area contributed by atoms with Gasteiger partial charge in [-0.15, -0.1) is 0 Å². The van der Waals surface area contributed by atoms with Gasteiger partial charge in [0.15, 0.2) is 8.32 Å². The number of rotatable bonds is 9. The molecule has 0 radical (unpaired) electrons. The van der Waals surface area contributed by atoms with Crippen LogP contribution in [0.1, 0.15) is 53.4 Å². The molecule has 0 heterocycles. The Morgan fingerprint density at radius 3 is 1.71 bits per heavy atom. The molecule has 86 valence electrons. The molecule has 0 aromatic carbocycles. The average molecular weight is 216 g/mol. The van der Waals surface area contributed by atoms with Gasteiger partial charge in [0, 0.05) is 6.61 Å². The van der Waals surface area contributed by atoms with E-state index in [2.05, 4.69) is 27.7 Å². The third kappa shape index (κ3) is 5.16. The summed E-state index contributed by atoms with van der Waals surface area (Å²) in [7, 11) is -1.32. The highest BCUT2D eigenvalue weighted by atomic mass is 28.4. The van der Waals surface area contributed by atoms with Crippen molar-refractivity contribution in [2.75, 3.05) is 6.61 Å². The van der Waals surface area contributed by atoms with Gasteiger partial charge in [-0.2, -0.15) is 0 Å². The second-order valence-corrected chi connectivity index (χ2v) is 8.37. The van der Waals surface area contributed by atoms with Crippen molar-refractivity contribution in [3.8, 4) is 0 Å². The summed E-state index contributed by atoms with van der Waals surface area (Å²) in [4.78, 5) is 0. The molecule has 0 amide bonds. The van der Waals surface area contributed by atoms with Crippen LogP contribution in [0.15, 0.2) is 0 Å². The minimum Gasteiger partial charge on any atom is -0.417 e. The summed E-state index contributed by atoms with van der Waals surface area (Å²) in [6.07, 6.45) is 5.29. The molecule has 0 rings (SSSR count). The zero-order chi connectivity index (χ0) is 10.9. The van der Waals surface area contributed by atoms with Gasteiger partial charge >= 0.3 is 0 Å². The predicted molar refractivity (Wildman–Crippen MR) is 67.3 cm³/mol. The van der Waals surface area contributed by atoms with Gasteiger partial charge in [-0.1, -0.05) is 46.5 Å². The molecule has 0 aliphatic rings. The van der Waals surface area contributed by atoms with Gasteiger partial charge in [0.2, 0.25) is 0 Å². The maximum Gasteiger partial charge on any atom is 0.192 e. The van der Waals surface area contributed by atoms with E-state index in [1.165, 1.54) is 43.8 Å². The molecule has 0 bridgehead atoms. The van der Waals surface area contributed by atoms with Crippen LogP contribution in [-0.2, 0) is 4.43 Å². The van der Waals surface area contributed by atoms with Gasteiger partial charge in [-0.3, -0.25) is 0 Å². The molecule has 0 aromatic heterocycles. The smallest absolute Gasteiger partial charge is 0.192 e. The van der Waals surface area contributed by atoms with Gasteiger partial charge in [-0.05, 0) is 25.1 Å². The van der Waals surface area contributed by atoms with Crippen LogP contribution in [0.4, 0.5) is 0 Å². The van der Waals surface area contributed by atoms with Gasteiger partial charge in [0.25, 0.3) is 0 Å². The van der Waals surface area contributed by atoms with Crippen LogP contribution in [-0.4, -0.2) is 14.9 Å². The number of unbranched alkanes of at least 4 members (excludes halogenated alkanes) is 1. The molecule has 0 spiro atoms. The predicted octanol–water partition coefficient (Wildman–Crippen LogP) is 4.59. The van der Waals surface area contributed by atoms with Gasteiger partial charge in [0.05, 0.1) is 0 Å². The zero-order valence-electron chi connectivity index (χ0n) is 10.6. The van der Waals surface area contributed by atoms with Crippen molar-refractivity contribution in [1.29, 1.82) is 0 Å². The van der Waals surface area contributed by atoms with E-state index in [1.54, 1.807) is 0 Å². The topological polar surface area (TPSA) is 9.23 Å². The number of hydrogen-bond acceptors (Lipinski definition) is 1. The molecule has 1 nitrogen and oxygen atoms in total. The van der Waals surface area contributed by atoms with Crippen molar-refractivity contribution >= 4 is 8.32 Å². The van der Waals surface area contributed by atoms with Crippen LogP contribution in [0, 0.1) is 0 Å². The lowest BCUT2D eigenvalue weighted by molar-refractivity contribution is 0.315. The molecule has 0 atom stereocenters. The molecule has 0 fully saturated rings. The Kier molecular flexibility index (Phi) is 8.59. The highest BCUT2D eigenvalue weighted by Gasteiger charge is 2.31. The minimum atomic E-state index is -1.32. The number of hydrogen-bond donors (Lipinski definition) is 0. The van der Waals surface area contributed by atoms with E-state index in [1.807, 2.05) is 0 Å². The van der Waals surface area contributed by atoms with Gasteiger partial charge < -0.3 is 4.43 Å². The van der Waals surface area contributed by atoms with E-state index >= 15 is 0 Å². The monoisotopic (exact) mass is 216 g/mol. The lowest BCUT2D eigenvalue weighted by atomic mass is 10.4. The Bertz CT molecular complexity index is 108. The van der Waals surface area contributed by atoms with Crippen LogP contribution in [0.5, 0.6) is 0 Å². The maximum absolute atomic E-state index is 6.15. The van der Waals surface area contributed by atoms with Crippen LogP contribution in [0.25, 0.3) is 0 Å². The third-order valence-electron chi connectivity index (χ3n) is 2.85. The standard InChI is InChI=1S/C12H28OSi/c1-5-9-12-14(10-6-2,11-7-3)13-8-4/h5-12H2,1-4H3. The Balaban J connectivity index is 4.21. The fourth-order valence-electron chi connectivity index (χ4n) is 2.31. The third-order valence-corrected chi connectivity index (χ3v) is 7.84. The van der Waals surface area contributed by atoms with Crippen molar-refractivity contribution in [2.45, 2.75) is 71.5 Å². The van der Waals surface area contributed by atoms with Crippen molar-refractivity contribution < 1.29 is 4.43 Å². The Morgan fingerprint density at radius 2 is 1.36 bits per heavy atom. The Hall–Kier alpha value is 0.177. The normalized spacial score (nSPS) is 12.0. The molecule has 0 aliphatic heterocycles. The Labute approximate surface area is 91.4 Å². The summed E-state index contributed by atoms with van der Waals surface area (Å²) in [5, 5.41) is 0. The van der Waals surface area contributed by atoms with Crippen LogP contribution in [0.3, 0.4) is 0 Å². The lowest BCUT2D eigenvalue weighted by Crippen LogP contribution is -2.37. The molecule has 14 heavy (non-hydrogen) atoms. The van der Waals surface area contributed by atoms with E-state index in [0.717, 1.165) is 6.61 Å². The summed E-state index contributed by atoms with van der Waals surface area (Å²) in [6.45, 7) is 9.95. The zero-order valence-corrected chi connectivity index (χ0v) is 11.6. The fraction of sp³-hybridized carbons (Fsp3) is 1.00. The average Bonchev–Trinajstić information content (AvgIpc) is 2.16. The minimum absolute atomic E-state index is 0.927. The van der Waals surface area contributed by atoms with E-state index in [0.29, 0.717) is 0 Å². The first kappa shape index (κ1) is 14.2. The molecule has 0 aliphatic carbocycles. The fourth-order valence-corrected chi connectivity index (χ4v) is 6.92. The lowest BCUT2D eigenvalue weighted by Gasteiger charge is -2.30. The Morgan fingerprint density at radius 1 is 0.786 bits per heavy atom. The van der Waals surface area contributed by atoms with Crippen molar-refractivity contribution in [3.63, 3.8) is 0 Å². The second-order valence-electron chi connectivity index (χ2n) is 4.22. The molecular weight excluding hydrogens is 188 g/mol. The van der Waals surface area contributed by atoms with Crippen LogP contribution in [0.2, 0.25) is 18.1 Å². The molecule has 2 heteroatoms. The van der Waals surface area contributed by atoms with Crippen LogP contribution < -0.4 is 0 Å². The summed E-state index contributed by atoms with van der Waals surface area (Å²) < 4.78 is 6.15. The summed E-state index contributed by atoms with van der Waals surface area (Å²) in [6, 6.07) is 4.13. The summed E-state index contributed by atoms with van der Waals surface area (Å²) >= 11 is 0. The largest absolute Gasteiger partial charge is 0.417 e.